The highest BCUT2D eigenvalue weighted by Crippen LogP contribution is 2.53. The van der Waals surface area contributed by atoms with Gasteiger partial charge in [0.15, 0.2) is 5.54 Å². The maximum atomic E-state index is 14.0. The number of Topliss-reactive ketones (excluding diaryl/α,β-unsaturated/α-hetero) is 1. The fourth-order valence-electron chi connectivity index (χ4n) is 4.60. The lowest BCUT2D eigenvalue weighted by molar-refractivity contribution is -0.143. The molecule has 170 valence electrons. The second-order valence-electron chi connectivity index (χ2n) is 7.79. The van der Waals surface area contributed by atoms with Crippen molar-refractivity contribution in [3.8, 4) is 0 Å². The van der Waals surface area contributed by atoms with E-state index in [0.29, 0.717) is 24.3 Å². The molecule has 1 unspecified atom stereocenters. The Hall–Kier alpha value is -3.78. The normalized spacial score (nSPS) is 21.2. The number of carbonyl (C=O) groups is 3. The zero-order valence-corrected chi connectivity index (χ0v) is 18.1. The van der Waals surface area contributed by atoms with E-state index in [1.165, 1.54) is 29.0 Å². The van der Waals surface area contributed by atoms with Gasteiger partial charge in [-0.05, 0) is 36.8 Å². The number of aliphatic hydroxyl groups excluding tert-OH is 1. The minimum absolute atomic E-state index is 0.0562. The fraction of sp³-hybridized carbons (Fsp3) is 0.240. The number of para-hydroxylation sites is 1. The molecule has 1 saturated heterocycles. The van der Waals surface area contributed by atoms with Crippen molar-refractivity contribution >= 4 is 29.0 Å². The van der Waals surface area contributed by atoms with Gasteiger partial charge in [0, 0.05) is 37.9 Å². The molecule has 0 bridgehead atoms. The Morgan fingerprint density at radius 3 is 2.52 bits per heavy atom. The first-order valence-electron chi connectivity index (χ1n) is 10.5. The van der Waals surface area contributed by atoms with Gasteiger partial charge in [-0.2, -0.15) is 0 Å². The predicted molar refractivity (Wildman–Crippen MR) is 120 cm³/mol. The summed E-state index contributed by atoms with van der Waals surface area (Å²) in [4.78, 5) is 43.2. The zero-order chi connectivity index (χ0) is 23.8. The quantitative estimate of drug-likeness (QED) is 0.230. The van der Waals surface area contributed by atoms with Gasteiger partial charge < -0.3 is 19.6 Å². The number of ketones is 1. The highest BCUT2D eigenvalue weighted by molar-refractivity contribution is 6.50. The van der Waals surface area contributed by atoms with E-state index in [1.807, 2.05) is 0 Å². The first-order chi connectivity index (χ1) is 15.9. The second kappa shape index (κ2) is 8.63. The van der Waals surface area contributed by atoms with E-state index in [1.54, 1.807) is 30.3 Å². The Kier molecular flexibility index (Phi) is 5.86. The third-order valence-corrected chi connectivity index (χ3v) is 5.97. The van der Waals surface area contributed by atoms with E-state index in [0.717, 1.165) is 12.1 Å². The number of carbonyl (C=O) groups excluding carboxylic acids is 3. The number of fused-ring (bicyclic) bond motifs is 2. The smallest absolute Gasteiger partial charge is 0.296 e. The molecule has 0 aromatic heterocycles. The number of rotatable bonds is 7. The number of aliphatic hydroxyl groups is 1. The summed E-state index contributed by atoms with van der Waals surface area (Å²) in [6.45, 7) is 4.23. The molecule has 33 heavy (non-hydrogen) atoms. The average Bonchev–Trinajstić information content (AvgIpc) is 3.19. The van der Waals surface area contributed by atoms with E-state index in [2.05, 4.69) is 6.58 Å². The third kappa shape index (κ3) is 3.25. The molecule has 1 spiro atoms. The van der Waals surface area contributed by atoms with Gasteiger partial charge in [0.25, 0.3) is 17.6 Å². The van der Waals surface area contributed by atoms with E-state index >= 15 is 0 Å². The van der Waals surface area contributed by atoms with Crippen LogP contribution >= 0.6 is 0 Å². The van der Waals surface area contributed by atoms with Gasteiger partial charge in [-0.3, -0.25) is 14.4 Å². The van der Waals surface area contributed by atoms with E-state index in [9.17, 15) is 23.9 Å². The number of likely N-dealkylation sites (tertiary alicyclic amines) is 1. The van der Waals surface area contributed by atoms with Crippen molar-refractivity contribution in [1.29, 1.82) is 0 Å². The maximum absolute atomic E-state index is 14.0. The SMILES string of the molecule is C=CCN1C(=O)C2(C(=C(O)c3ccc(F)cc3)C(=O)C(=O)N2CCCOC)c2ccccc21. The predicted octanol–water partition coefficient (Wildman–Crippen LogP) is 2.97. The number of anilines is 1. The standard InChI is InChI=1S/C25H23FN2O5/c1-3-13-27-19-8-5-4-7-18(19)25(24(27)32)20(21(29)16-9-11-17(26)12-10-16)22(30)23(31)28(25)14-6-15-33-2/h3-5,7-12,29H,1,6,13-15H2,2H3. The van der Waals surface area contributed by atoms with E-state index < -0.39 is 34.7 Å². The van der Waals surface area contributed by atoms with Crippen molar-refractivity contribution in [2.75, 3.05) is 31.7 Å². The van der Waals surface area contributed by atoms with Crippen molar-refractivity contribution in [2.45, 2.75) is 12.0 Å². The highest BCUT2D eigenvalue weighted by Gasteiger charge is 2.66. The van der Waals surface area contributed by atoms with Crippen LogP contribution in [-0.2, 0) is 24.7 Å². The molecule has 2 aromatic rings. The Morgan fingerprint density at radius 1 is 1.15 bits per heavy atom. The Balaban J connectivity index is 2.02. The van der Waals surface area contributed by atoms with Crippen LogP contribution in [0, 0.1) is 5.82 Å². The lowest BCUT2D eigenvalue weighted by atomic mass is 9.82. The number of amides is 2. The Labute approximate surface area is 190 Å². The summed E-state index contributed by atoms with van der Waals surface area (Å²) in [6, 6.07) is 11.7. The molecule has 8 heteroatoms. The Morgan fingerprint density at radius 2 is 1.85 bits per heavy atom. The summed E-state index contributed by atoms with van der Waals surface area (Å²) in [5, 5.41) is 11.2. The lowest BCUT2D eigenvalue weighted by Crippen LogP contribution is -2.52. The summed E-state index contributed by atoms with van der Waals surface area (Å²) >= 11 is 0. The molecule has 7 nitrogen and oxygen atoms in total. The molecule has 1 N–H and O–H groups in total. The minimum atomic E-state index is -1.85. The van der Waals surface area contributed by atoms with Crippen LogP contribution in [-0.4, -0.2) is 54.4 Å². The zero-order valence-electron chi connectivity index (χ0n) is 18.1. The van der Waals surface area contributed by atoms with Gasteiger partial charge in [-0.25, -0.2) is 4.39 Å². The summed E-state index contributed by atoms with van der Waals surface area (Å²) in [5.41, 5.74) is -1.12. The van der Waals surface area contributed by atoms with Crippen LogP contribution in [0.3, 0.4) is 0 Å². The summed E-state index contributed by atoms with van der Waals surface area (Å²) in [7, 11) is 1.51. The van der Waals surface area contributed by atoms with Gasteiger partial charge in [-0.15, -0.1) is 6.58 Å². The van der Waals surface area contributed by atoms with Crippen LogP contribution in [0.5, 0.6) is 0 Å². The number of ether oxygens (including phenoxy) is 1. The van der Waals surface area contributed by atoms with Gasteiger partial charge in [0.05, 0.1) is 11.3 Å². The molecule has 2 heterocycles. The molecule has 0 aliphatic carbocycles. The van der Waals surface area contributed by atoms with Gasteiger partial charge in [0.1, 0.15) is 11.6 Å². The van der Waals surface area contributed by atoms with Crippen LogP contribution in [0.1, 0.15) is 17.5 Å². The lowest BCUT2D eigenvalue weighted by Gasteiger charge is -2.34. The van der Waals surface area contributed by atoms with Gasteiger partial charge in [0.2, 0.25) is 0 Å². The number of nitrogens with zero attached hydrogens (tertiary/aromatic N) is 2. The second-order valence-corrected chi connectivity index (χ2v) is 7.79. The Bertz CT molecular complexity index is 1170. The monoisotopic (exact) mass is 450 g/mol. The largest absolute Gasteiger partial charge is 0.507 e. The van der Waals surface area contributed by atoms with Gasteiger partial charge >= 0.3 is 0 Å². The molecule has 2 aliphatic heterocycles. The van der Waals surface area contributed by atoms with E-state index in [4.69, 9.17) is 4.74 Å². The number of halogens is 1. The number of hydrogen-bond acceptors (Lipinski definition) is 5. The third-order valence-electron chi connectivity index (χ3n) is 5.97. The highest BCUT2D eigenvalue weighted by atomic mass is 19.1. The van der Waals surface area contributed by atoms with Crippen molar-refractivity contribution < 1.29 is 28.6 Å². The molecule has 2 aromatic carbocycles. The summed E-state index contributed by atoms with van der Waals surface area (Å²) in [6.07, 6.45) is 1.92. The first kappa shape index (κ1) is 22.4. The van der Waals surface area contributed by atoms with Gasteiger partial charge in [-0.1, -0.05) is 24.3 Å². The molecular formula is C25H23FN2O5. The molecule has 4 rings (SSSR count). The van der Waals surface area contributed by atoms with Crippen molar-refractivity contribution in [1.82, 2.24) is 4.90 Å². The fourth-order valence-corrected chi connectivity index (χ4v) is 4.60. The number of methoxy groups -OCH3 is 1. The molecule has 0 radical (unpaired) electrons. The van der Waals surface area contributed by atoms with Crippen molar-refractivity contribution in [3.63, 3.8) is 0 Å². The van der Waals surface area contributed by atoms with Crippen LogP contribution in [0.25, 0.3) is 5.76 Å². The van der Waals surface area contributed by atoms with Crippen LogP contribution < -0.4 is 4.90 Å². The number of benzene rings is 2. The minimum Gasteiger partial charge on any atom is -0.507 e. The molecule has 2 amide bonds. The molecule has 0 saturated carbocycles. The van der Waals surface area contributed by atoms with Crippen LogP contribution in [0.2, 0.25) is 0 Å². The molecular weight excluding hydrogens is 427 g/mol. The van der Waals surface area contributed by atoms with E-state index in [-0.39, 0.29) is 24.2 Å². The van der Waals surface area contributed by atoms with Crippen LogP contribution in [0.4, 0.5) is 10.1 Å². The van der Waals surface area contributed by atoms with Crippen molar-refractivity contribution in [3.05, 3.63) is 83.7 Å². The molecule has 2 aliphatic rings. The van der Waals surface area contributed by atoms with Crippen molar-refractivity contribution in [2.24, 2.45) is 0 Å². The average molecular weight is 450 g/mol. The molecule has 1 atom stereocenters. The van der Waals surface area contributed by atoms with Crippen LogP contribution in [0.15, 0.2) is 66.8 Å². The topological polar surface area (TPSA) is 87.2 Å². The number of hydrogen-bond donors (Lipinski definition) is 1. The maximum Gasteiger partial charge on any atom is 0.296 e. The summed E-state index contributed by atoms with van der Waals surface area (Å²) in [5.74, 6) is -3.47. The first-order valence-corrected chi connectivity index (χ1v) is 10.5. The molecule has 1 fully saturated rings. The summed E-state index contributed by atoms with van der Waals surface area (Å²) < 4.78 is 18.6.